The standard InChI is InChI=1S/C22H40O2/c1-2-3-4-5-6-7-8-9-10-11-12-13-14-15-16-17-18-19-21-20-22(23)24-21/h19H,2-18,20H2,1H3. The van der Waals surface area contributed by atoms with Gasteiger partial charge in [-0.3, -0.25) is 4.79 Å². The summed E-state index contributed by atoms with van der Waals surface area (Å²) in [4.78, 5) is 10.6. The van der Waals surface area contributed by atoms with E-state index in [-0.39, 0.29) is 5.97 Å². The van der Waals surface area contributed by atoms with Gasteiger partial charge in [-0.05, 0) is 18.9 Å². The first-order valence-corrected chi connectivity index (χ1v) is 10.7. The molecular weight excluding hydrogens is 296 g/mol. The van der Waals surface area contributed by atoms with E-state index in [4.69, 9.17) is 4.74 Å². The number of cyclic esters (lactones) is 1. The largest absolute Gasteiger partial charge is 0.430 e. The van der Waals surface area contributed by atoms with Crippen LogP contribution in [0.15, 0.2) is 11.8 Å². The van der Waals surface area contributed by atoms with Crippen LogP contribution in [0.25, 0.3) is 0 Å². The Morgan fingerprint density at radius 1 is 0.708 bits per heavy atom. The molecule has 0 bridgehead atoms. The summed E-state index contributed by atoms with van der Waals surface area (Å²) >= 11 is 0. The topological polar surface area (TPSA) is 26.3 Å². The van der Waals surface area contributed by atoms with Gasteiger partial charge in [-0.1, -0.05) is 103 Å². The fourth-order valence-corrected chi connectivity index (χ4v) is 3.35. The molecular formula is C22H40O2. The highest BCUT2D eigenvalue weighted by Gasteiger charge is 2.20. The summed E-state index contributed by atoms with van der Waals surface area (Å²) in [7, 11) is 0. The molecule has 0 aliphatic carbocycles. The third kappa shape index (κ3) is 12.6. The molecule has 0 unspecified atom stereocenters. The Morgan fingerprint density at radius 3 is 1.46 bits per heavy atom. The van der Waals surface area contributed by atoms with Crippen LogP contribution in [0.3, 0.4) is 0 Å². The summed E-state index contributed by atoms with van der Waals surface area (Å²) < 4.78 is 4.89. The average molecular weight is 337 g/mol. The Morgan fingerprint density at radius 2 is 1.08 bits per heavy atom. The first-order chi connectivity index (χ1) is 11.8. The van der Waals surface area contributed by atoms with E-state index in [1.54, 1.807) is 0 Å². The van der Waals surface area contributed by atoms with Crippen molar-refractivity contribution in [1.29, 1.82) is 0 Å². The van der Waals surface area contributed by atoms with E-state index in [0.717, 1.165) is 12.2 Å². The van der Waals surface area contributed by atoms with Crippen molar-refractivity contribution in [2.75, 3.05) is 0 Å². The van der Waals surface area contributed by atoms with Crippen molar-refractivity contribution in [3.63, 3.8) is 0 Å². The summed E-state index contributed by atoms with van der Waals surface area (Å²) in [6.07, 6.45) is 26.2. The van der Waals surface area contributed by atoms with E-state index in [9.17, 15) is 4.79 Å². The SMILES string of the molecule is CCCCCCCCCCCCCCCCCCC=C1CC(=O)O1. The smallest absolute Gasteiger partial charge is 0.318 e. The number of carbonyl (C=O) groups is 1. The van der Waals surface area contributed by atoms with Gasteiger partial charge in [0.25, 0.3) is 0 Å². The fraction of sp³-hybridized carbons (Fsp3) is 0.864. The number of carbonyl (C=O) groups excluding carboxylic acids is 1. The second kappa shape index (κ2) is 15.7. The Labute approximate surface area is 150 Å². The fourth-order valence-electron chi connectivity index (χ4n) is 3.35. The van der Waals surface area contributed by atoms with Crippen LogP contribution < -0.4 is 0 Å². The predicted octanol–water partition coefficient (Wildman–Crippen LogP) is 7.47. The van der Waals surface area contributed by atoms with Crippen LogP contribution in [0.5, 0.6) is 0 Å². The third-order valence-corrected chi connectivity index (χ3v) is 4.99. The molecule has 1 fully saturated rings. The van der Waals surface area contributed by atoms with Crippen molar-refractivity contribution < 1.29 is 9.53 Å². The molecule has 1 saturated heterocycles. The van der Waals surface area contributed by atoms with Crippen molar-refractivity contribution in [2.45, 2.75) is 122 Å². The zero-order valence-electron chi connectivity index (χ0n) is 16.1. The third-order valence-electron chi connectivity index (χ3n) is 4.99. The predicted molar refractivity (Wildman–Crippen MR) is 103 cm³/mol. The summed E-state index contributed by atoms with van der Waals surface area (Å²) in [5, 5.41) is 0. The second-order valence-electron chi connectivity index (χ2n) is 7.41. The van der Waals surface area contributed by atoms with Gasteiger partial charge in [0.15, 0.2) is 0 Å². The molecule has 0 atom stereocenters. The van der Waals surface area contributed by atoms with Crippen molar-refractivity contribution in [3.8, 4) is 0 Å². The summed E-state index contributed by atoms with van der Waals surface area (Å²) in [6, 6.07) is 0. The molecule has 1 rings (SSSR count). The van der Waals surface area contributed by atoms with E-state index >= 15 is 0 Å². The molecule has 0 amide bonds. The normalized spacial score (nSPS) is 15.5. The monoisotopic (exact) mass is 336 g/mol. The first kappa shape index (κ1) is 21.3. The number of hydrogen-bond donors (Lipinski definition) is 0. The zero-order chi connectivity index (χ0) is 17.3. The van der Waals surface area contributed by atoms with E-state index < -0.39 is 0 Å². The Kier molecular flexibility index (Phi) is 13.9. The quantitative estimate of drug-likeness (QED) is 0.203. The highest BCUT2D eigenvalue weighted by molar-refractivity contribution is 5.79. The molecule has 140 valence electrons. The van der Waals surface area contributed by atoms with Crippen molar-refractivity contribution in [3.05, 3.63) is 11.8 Å². The minimum atomic E-state index is -0.0757. The molecule has 0 aromatic carbocycles. The maximum absolute atomic E-state index is 10.6. The second-order valence-corrected chi connectivity index (χ2v) is 7.41. The Bertz CT molecular complexity index is 323. The number of allylic oxidation sites excluding steroid dienone is 1. The molecule has 2 nitrogen and oxygen atoms in total. The van der Waals surface area contributed by atoms with Gasteiger partial charge in [-0.15, -0.1) is 0 Å². The highest BCUT2D eigenvalue weighted by Crippen LogP contribution is 2.19. The van der Waals surface area contributed by atoms with Gasteiger partial charge in [0.05, 0.1) is 0 Å². The average Bonchev–Trinajstić information content (AvgIpc) is 2.55. The lowest BCUT2D eigenvalue weighted by atomic mass is 10.0. The number of rotatable bonds is 17. The lowest BCUT2D eigenvalue weighted by molar-refractivity contribution is -0.148. The van der Waals surface area contributed by atoms with Crippen molar-refractivity contribution in [2.24, 2.45) is 0 Å². The van der Waals surface area contributed by atoms with Gasteiger partial charge in [0.1, 0.15) is 12.2 Å². The molecule has 1 heterocycles. The molecule has 0 aromatic heterocycles. The van der Waals surface area contributed by atoms with Gasteiger partial charge < -0.3 is 4.74 Å². The maximum atomic E-state index is 10.6. The van der Waals surface area contributed by atoms with E-state index in [0.29, 0.717) is 6.42 Å². The molecule has 0 spiro atoms. The van der Waals surface area contributed by atoms with E-state index in [1.165, 1.54) is 103 Å². The van der Waals surface area contributed by atoms with Crippen LogP contribution in [0, 0.1) is 0 Å². The van der Waals surface area contributed by atoms with E-state index in [1.807, 2.05) is 0 Å². The highest BCUT2D eigenvalue weighted by atomic mass is 16.6. The number of unbranched alkanes of at least 4 members (excludes halogenated alkanes) is 16. The molecule has 0 aromatic rings. The molecule has 2 heteroatoms. The lowest BCUT2D eigenvalue weighted by Crippen LogP contribution is -2.17. The molecule has 1 aliphatic rings. The van der Waals surface area contributed by atoms with Crippen LogP contribution in [0.2, 0.25) is 0 Å². The molecule has 0 radical (unpaired) electrons. The lowest BCUT2D eigenvalue weighted by Gasteiger charge is -2.15. The van der Waals surface area contributed by atoms with Gasteiger partial charge in [0.2, 0.25) is 0 Å². The van der Waals surface area contributed by atoms with Gasteiger partial charge in [0, 0.05) is 0 Å². The minimum absolute atomic E-state index is 0.0757. The van der Waals surface area contributed by atoms with Crippen LogP contribution in [-0.4, -0.2) is 5.97 Å². The summed E-state index contributed by atoms with van der Waals surface area (Å²) in [5.41, 5.74) is 0. The number of esters is 1. The van der Waals surface area contributed by atoms with Crippen LogP contribution in [-0.2, 0) is 9.53 Å². The van der Waals surface area contributed by atoms with E-state index in [2.05, 4.69) is 13.0 Å². The molecule has 24 heavy (non-hydrogen) atoms. The Hall–Kier alpha value is -0.790. The van der Waals surface area contributed by atoms with Gasteiger partial charge >= 0.3 is 5.97 Å². The maximum Gasteiger partial charge on any atom is 0.318 e. The zero-order valence-corrected chi connectivity index (χ0v) is 16.1. The number of ether oxygens (including phenoxy) is 1. The molecule has 0 N–H and O–H groups in total. The van der Waals surface area contributed by atoms with Crippen molar-refractivity contribution >= 4 is 5.97 Å². The summed E-state index contributed by atoms with van der Waals surface area (Å²) in [5.74, 6) is 0.814. The van der Waals surface area contributed by atoms with Gasteiger partial charge in [-0.25, -0.2) is 0 Å². The van der Waals surface area contributed by atoms with Crippen molar-refractivity contribution in [1.82, 2.24) is 0 Å². The van der Waals surface area contributed by atoms with Crippen LogP contribution in [0.4, 0.5) is 0 Å². The molecule has 1 aliphatic heterocycles. The first-order valence-electron chi connectivity index (χ1n) is 10.7. The van der Waals surface area contributed by atoms with Gasteiger partial charge in [-0.2, -0.15) is 0 Å². The minimum Gasteiger partial charge on any atom is -0.430 e. The summed E-state index contributed by atoms with van der Waals surface area (Å²) in [6.45, 7) is 2.29. The Balaban J connectivity index is 1.66. The van der Waals surface area contributed by atoms with Crippen LogP contribution >= 0.6 is 0 Å². The number of hydrogen-bond acceptors (Lipinski definition) is 2. The van der Waals surface area contributed by atoms with Crippen LogP contribution in [0.1, 0.15) is 122 Å². The molecule has 0 saturated carbocycles.